The van der Waals surface area contributed by atoms with E-state index in [1.54, 1.807) is 13.2 Å². The van der Waals surface area contributed by atoms with Crippen LogP contribution in [0.4, 0.5) is 10.1 Å². The molecular weight excluding hydrogens is 309 g/mol. The molecule has 0 saturated carbocycles. The Morgan fingerprint density at radius 1 is 1.21 bits per heavy atom. The average Bonchev–Trinajstić information content (AvgIpc) is 2.39. The molecule has 1 unspecified atom stereocenters. The molecule has 2 nitrogen and oxygen atoms in total. The van der Waals surface area contributed by atoms with E-state index >= 15 is 0 Å². The lowest BCUT2D eigenvalue weighted by molar-refractivity contribution is 0.416. The zero-order valence-electron chi connectivity index (χ0n) is 10.8. The van der Waals surface area contributed by atoms with Crippen molar-refractivity contribution in [2.75, 3.05) is 12.4 Å². The number of halogens is 2. The van der Waals surface area contributed by atoms with Crippen molar-refractivity contribution in [3.63, 3.8) is 0 Å². The summed E-state index contributed by atoms with van der Waals surface area (Å²) < 4.78 is 19.1. The number of nitrogens with one attached hydrogen (secondary N) is 1. The molecule has 0 spiro atoms. The van der Waals surface area contributed by atoms with Crippen molar-refractivity contribution in [2.24, 2.45) is 0 Å². The van der Waals surface area contributed by atoms with Gasteiger partial charge in [-0.2, -0.15) is 0 Å². The molecule has 0 aliphatic carbocycles. The summed E-state index contributed by atoms with van der Waals surface area (Å²) in [7, 11) is 1.64. The minimum absolute atomic E-state index is 0.0336. The van der Waals surface area contributed by atoms with Crippen LogP contribution in [0.1, 0.15) is 18.5 Å². The van der Waals surface area contributed by atoms with E-state index in [0.29, 0.717) is 0 Å². The number of hydrogen-bond acceptors (Lipinski definition) is 2. The van der Waals surface area contributed by atoms with Crippen LogP contribution in [0.25, 0.3) is 0 Å². The van der Waals surface area contributed by atoms with Gasteiger partial charge in [-0.1, -0.05) is 34.1 Å². The van der Waals surface area contributed by atoms with Gasteiger partial charge in [-0.25, -0.2) is 4.39 Å². The van der Waals surface area contributed by atoms with Gasteiger partial charge in [0.15, 0.2) is 0 Å². The van der Waals surface area contributed by atoms with Gasteiger partial charge in [0, 0.05) is 10.5 Å². The van der Waals surface area contributed by atoms with E-state index in [-0.39, 0.29) is 11.9 Å². The summed E-state index contributed by atoms with van der Waals surface area (Å²) in [5.74, 6) is 0.535. The van der Waals surface area contributed by atoms with Crippen LogP contribution in [0.3, 0.4) is 0 Å². The number of para-hydroxylation sites is 2. The lowest BCUT2D eigenvalue weighted by Crippen LogP contribution is -2.08. The highest BCUT2D eigenvalue weighted by Gasteiger charge is 2.11. The number of ether oxygens (including phenoxy) is 1. The van der Waals surface area contributed by atoms with Crippen molar-refractivity contribution in [3.8, 4) is 5.75 Å². The number of anilines is 1. The average molecular weight is 324 g/mol. The second-order valence-corrected chi connectivity index (χ2v) is 5.09. The summed E-state index contributed by atoms with van der Waals surface area (Å²) in [5, 5.41) is 3.36. The Labute approximate surface area is 120 Å². The summed E-state index contributed by atoms with van der Waals surface area (Å²) >= 11 is 3.39. The zero-order chi connectivity index (χ0) is 13.8. The van der Waals surface area contributed by atoms with E-state index in [0.717, 1.165) is 21.5 Å². The third-order valence-electron chi connectivity index (χ3n) is 2.91. The quantitative estimate of drug-likeness (QED) is 0.875. The fraction of sp³-hybridized carbons (Fsp3) is 0.200. The molecule has 2 rings (SSSR count). The van der Waals surface area contributed by atoms with Gasteiger partial charge < -0.3 is 10.1 Å². The molecule has 0 aromatic heterocycles. The molecule has 0 heterocycles. The molecule has 100 valence electrons. The summed E-state index contributed by atoms with van der Waals surface area (Å²) in [5.41, 5.74) is 1.90. The van der Waals surface area contributed by atoms with Crippen molar-refractivity contribution < 1.29 is 9.13 Å². The van der Waals surface area contributed by atoms with E-state index in [1.165, 1.54) is 12.1 Å². The normalized spacial score (nSPS) is 12.0. The fourth-order valence-electron chi connectivity index (χ4n) is 1.93. The first-order chi connectivity index (χ1) is 9.11. The highest BCUT2D eigenvalue weighted by Crippen LogP contribution is 2.30. The molecule has 0 bridgehead atoms. The summed E-state index contributed by atoms with van der Waals surface area (Å²) in [6, 6.07) is 12.4. The van der Waals surface area contributed by atoms with Crippen molar-refractivity contribution in [3.05, 3.63) is 58.3 Å². The number of methoxy groups -OCH3 is 1. The molecule has 0 fully saturated rings. The predicted octanol–water partition coefficient (Wildman–Crippen LogP) is 4.77. The van der Waals surface area contributed by atoms with Gasteiger partial charge >= 0.3 is 0 Å². The molecule has 1 atom stereocenters. The molecule has 0 radical (unpaired) electrons. The second kappa shape index (κ2) is 6.06. The van der Waals surface area contributed by atoms with E-state index in [4.69, 9.17) is 4.74 Å². The van der Waals surface area contributed by atoms with Crippen LogP contribution in [0.15, 0.2) is 46.9 Å². The molecule has 2 aromatic carbocycles. The van der Waals surface area contributed by atoms with Gasteiger partial charge in [0.25, 0.3) is 0 Å². The van der Waals surface area contributed by atoms with Crippen LogP contribution < -0.4 is 10.1 Å². The first-order valence-electron chi connectivity index (χ1n) is 5.96. The monoisotopic (exact) mass is 323 g/mol. The van der Waals surface area contributed by atoms with Gasteiger partial charge in [-0.05, 0) is 36.8 Å². The van der Waals surface area contributed by atoms with E-state index < -0.39 is 0 Å². The maximum absolute atomic E-state index is 13.1. The Balaban J connectivity index is 2.23. The molecule has 4 heteroatoms. The van der Waals surface area contributed by atoms with Gasteiger partial charge in [0.05, 0.1) is 12.8 Å². The molecule has 1 N–H and O–H groups in total. The van der Waals surface area contributed by atoms with Crippen LogP contribution in [-0.2, 0) is 0 Å². The molecule has 0 saturated heterocycles. The van der Waals surface area contributed by atoms with Crippen LogP contribution in [-0.4, -0.2) is 7.11 Å². The van der Waals surface area contributed by atoms with Crippen LogP contribution in [0.2, 0.25) is 0 Å². The van der Waals surface area contributed by atoms with Gasteiger partial charge in [0.1, 0.15) is 11.6 Å². The third-order valence-corrected chi connectivity index (χ3v) is 3.59. The first-order valence-corrected chi connectivity index (χ1v) is 6.75. The molecule has 19 heavy (non-hydrogen) atoms. The van der Waals surface area contributed by atoms with Crippen LogP contribution in [0.5, 0.6) is 5.75 Å². The summed E-state index contributed by atoms with van der Waals surface area (Å²) in [4.78, 5) is 0. The van der Waals surface area contributed by atoms with Crippen molar-refractivity contribution in [1.29, 1.82) is 0 Å². The Bertz CT molecular complexity index is 574. The molecule has 0 aliphatic rings. The van der Waals surface area contributed by atoms with Gasteiger partial charge in [-0.15, -0.1) is 0 Å². The summed E-state index contributed by atoms with van der Waals surface area (Å²) in [6.07, 6.45) is 0. The standard InChI is InChI=1S/C15H15BrFNO/c1-10(12-8-7-11(17)9-13(12)16)18-14-5-3-4-6-15(14)19-2/h3-10,18H,1-2H3. The Morgan fingerprint density at radius 2 is 1.95 bits per heavy atom. The highest BCUT2D eigenvalue weighted by atomic mass is 79.9. The lowest BCUT2D eigenvalue weighted by atomic mass is 10.1. The minimum atomic E-state index is -0.250. The van der Waals surface area contributed by atoms with Crippen molar-refractivity contribution >= 4 is 21.6 Å². The Kier molecular flexibility index (Phi) is 4.43. The number of benzene rings is 2. The number of hydrogen-bond donors (Lipinski definition) is 1. The second-order valence-electron chi connectivity index (χ2n) is 4.23. The minimum Gasteiger partial charge on any atom is -0.495 e. The highest BCUT2D eigenvalue weighted by molar-refractivity contribution is 9.10. The maximum atomic E-state index is 13.1. The zero-order valence-corrected chi connectivity index (χ0v) is 12.4. The molecular formula is C15H15BrFNO. The Hall–Kier alpha value is -1.55. The summed E-state index contributed by atoms with van der Waals surface area (Å²) in [6.45, 7) is 2.02. The molecule has 2 aromatic rings. The van der Waals surface area contributed by atoms with E-state index in [9.17, 15) is 4.39 Å². The Morgan fingerprint density at radius 3 is 2.63 bits per heavy atom. The SMILES string of the molecule is COc1ccccc1NC(C)c1ccc(F)cc1Br. The third kappa shape index (κ3) is 3.26. The van der Waals surface area contributed by atoms with E-state index in [1.807, 2.05) is 31.2 Å². The van der Waals surface area contributed by atoms with Gasteiger partial charge in [-0.3, -0.25) is 0 Å². The molecule has 0 aliphatic heterocycles. The fourth-order valence-corrected chi connectivity index (χ4v) is 2.62. The first kappa shape index (κ1) is 13.9. The maximum Gasteiger partial charge on any atom is 0.141 e. The van der Waals surface area contributed by atoms with Crippen LogP contribution >= 0.6 is 15.9 Å². The number of rotatable bonds is 4. The topological polar surface area (TPSA) is 21.3 Å². The van der Waals surface area contributed by atoms with E-state index in [2.05, 4.69) is 21.2 Å². The smallest absolute Gasteiger partial charge is 0.141 e. The largest absolute Gasteiger partial charge is 0.495 e. The van der Waals surface area contributed by atoms with Gasteiger partial charge in [0.2, 0.25) is 0 Å². The lowest BCUT2D eigenvalue weighted by Gasteiger charge is -2.19. The van der Waals surface area contributed by atoms with Crippen molar-refractivity contribution in [2.45, 2.75) is 13.0 Å². The van der Waals surface area contributed by atoms with Crippen molar-refractivity contribution in [1.82, 2.24) is 0 Å². The van der Waals surface area contributed by atoms with Crippen LogP contribution in [0, 0.1) is 5.82 Å². The predicted molar refractivity (Wildman–Crippen MR) is 79.1 cm³/mol. The molecule has 0 amide bonds.